The highest BCUT2D eigenvalue weighted by Crippen LogP contribution is 2.36. The van der Waals surface area contributed by atoms with Crippen molar-refractivity contribution in [1.29, 1.82) is 0 Å². The summed E-state index contributed by atoms with van der Waals surface area (Å²) in [6.45, 7) is 2.18. The number of halogens is 3. The minimum absolute atomic E-state index is 0.0379. The predicted molar refractivity (Wildman–Crippen MR) is 70.7 cm³/mol. The molecule has 1 aromatic carbocycles. The molecule has 0 fully saturated rings. The Hall–Kier alpha value is -1.27. The van der Waals surface area contributed by atoms with E-state index in [2.05, 4.69) is 0 Å². The predicted octanol–water partition coefficient (Wildman–Crippen LogP) is 2.77. The largest absolute Gasteiger partial charge is 0.496 e. The van der Waals surface area contributed by atoms with Crippen LogP contribution in [0.15, 0.2) is 18.2 Å². The lowest BCUT2D eigenvalue weighted by molar-refractivity contribution is -0.137. The maximum Gasteiger partial charge on any atom is 0.416 e. The van der Waals surface area contributed by atoms with Crippen LogP contribution in [0, 0.1) is 5.92 Å². The molecule has 0 saturated carbocycles. The number of aliphatic hydroxyl groups is 1. The fourth-order valence-corrected chi connectivity index (χ4v) is 2.17. The van der Waals surface area contributed by atoms with E-state index in [1.54, 1.807) is 0 Å². The molecule has 3 nitrogen and oxygen atoms in total. The Morgan fingerprint density at radius 1 is 1.35 bits per heavy atom. The van der Waals surface area contributed by atoms with E-state index in [9.17, 15) is 13.2 Å². The van der Waals surface area contributed by atoms with E-state index in [1.807, 2.05) is 6.92 Å². The maximum absolute atomic E-state index is 12.7. The molecule has 0 radical (unpaired) electrons. The first-order valence-corrected chi connectivity index (χ1v) is 6.39. The van der Waals surface area contributed by atoms with Crippen molar-refractivity contribution in [3.05, 3.63) is 29.3 Å². The monoisotopic (exact) mass is 291 g/mol. The molecule has 114 valence electrons. The Kier molecular flexibility index (Phi) is 5.83. The van der Waals surface area contributed by atoms with E-state index in [4.69, 9.17) is 15.6 Å². The smallest absolute Gasteiger partial charge is 0.416 e. The first-order valence-electron chi connectivity index (χ1n) is 6.39. The van der Waals surface area contributed by atoms with Gasteiger partial charge in [-0.15, -0.1) is 0 Å². The molecule has 1 rings (SSSR count). The molecule has 20 heavy (non-hydrogen) atoms. The van der Waals surface area contributed by atoms with Gasteiger partial charge in [0.05, 0.1) is 12.7 Å². The molecule has 0 spiro atoms. The normalized spacial score (nSPS) is 14.9. The summed E-state index contributed by atoms with van der Waals surface area (Å²) in [6.07, 6.45) is -3.80. The standard InChI is InChI=1S/C14H20F3NO2/c1-9(5-10(7-18)8-19)12-4-3-11(14(15,16)17)6-13(12)20-2/h3-4,6,9-10,19H,5,7-8,18H2,1-2H3. The number of rotatable bonds is 6. The van der Waals surface area contributed by atoms with E-state index in [1.165, 1.54) is 13.2 Å². The van der Waals surface area contributed by atoms with Crippen LogP contribution in [0.2, 0.25) is 0 Å². The lowest BCUT2D eigenvalue weighted by Crippen LogP contribution is -2.20. The van der Waals surface area contributed by atoms with Gasteiger partial charge in [-0.3, -0.25) is 0 Å². The Labute approximate surface area is 116 Å². The van der Waals surface area contributed by atoms with Crippen LogP contribution in [0.25, 0.3) is 0 Å². The fourth-order valence-electron chi connectivity index (χ4n) is 2.17. The van der Waals surface area contributed by atoms with Crippen LogP contribution in [0.1, 0.15) is 30.4 Å². The first kappa shape index (κ1) is 16.8. The quantitative estimate of drug-likeness (QED) is 0.847. The van der Waals surface area contributed by atoms with Gasteiger partial charge in [-0.1, -0.05) is 13.0 Å². The van der Waals surface area contributed by atoms with Crippen LogP contribution in [0.5, 0.6) is 5.75 Å². The Morgan fingerprint density at radius 2 is 2.00 bits per heavy atom. The van der Waals surface area contributed by atoms with E-state index in [0.717, 1.165) is 12.1 Å². The van der Waals surface area contributed by atoms with Gasteiger partial charge in [0.2, 0.25) is 0 Å². The third-order valence-electron chi connectivity index (χ3n) is 3.37. The molecule has 0 aliphatic rings. The number of nitrogens with two attached hydrogens (primary N) is 1. The second-order valence-corrected chi connectivity index (χ2v) is 4.88. The molecule has 0 aliphatic heterocycles. The van der Waals surface area contributed by atoms with E-state index < -0.39 is 11.7 Å². The van der Waals surface area contributed by atoms with Gasteiger partial charge in [0.15, 0.2) is 0 Å². The Morgan fingerprint density at radius 3 is 2.45 bits per heavy atom. The molecule has 0 saturated heterocycles. The van der Waals surface area contributed by atoms with Gasteiger partial charge in [0, 0.05) is 6.61 Å². The lowest BCUT2D eigenvalue weighted by Gasteiger charge is -2.21. The highest BCUT2D eigenvalue weighted by molar-refractivity contribution is 5.40. The second-order valence-electron chi connectivity index (χ2n) is 4.88. The van der Waals surface area contributed by atoms with Crippen LogP contribution in [0.4, 0.5) is 13.2 Å². The number of hydrogen-bond acceptors (Lipinski definition) is 3. The molecule has 0 heterocycles. The van der Waals surface area contributed by atoms with Crippen molar-refractivity contribution in [3.8, 4) is 5.75 Å². The van der Waals surface area contributed by atoms with Crippen molar-refractivity contribution < 1.29 is 23.0 Å². The van der Waals surface area contributed by atoms with E-state index >= 15 is 0 Å². The Balaban J connectivity index is 3.00. The number of methoxy groups -OCH3 is 1. The summed E-state index contributed by atoms with van der Waals surface area (Å²) >= 11 is 0. The molecule has 0 bridgehead atoms. The summed E-state index contributed by atoms with van der Waals surface area (Å²) in [6, 6.07) is 3.48. The van der Waals surface area contributed by atoms with Crippen molar-refractivity contribution in [3.63, 3.8) is 0 Å². The summed E-state index contributed by atoms with van der Waals surface area (Å²) in [7, 11) is 1.35. The van der Waals surface area contributed by atoms with Crippen LogP contribution >= 0.6 is 0 Å². The van der Waals surface area contributed by atoms with E-state index in [0.29, 0.717) is 18.5 Å². The third-order valence-corrected chi connectivity index (χ3v) is 3.37. The summed E-state index contributed by atoms with van der Waals surface area (Å²) in [5, 5.41) is 9.14. The number of aliphatic hydroxyl groups excluding tert-OH is 1. The van der Waals surface area contributed by atoms with Gasteiger partial charge >= 0.3 is 6.18 Å². The van der Waals surface area contributed by atoms with Crippen molar-refractivity contribution in [1.82, 2.24) is 0 Å². The third kappa shape index (κ3) is 4.11. The van der Waals surface area contributed by atoms with Crippen LogP contribution in [0.3, 0.4) is 0 Å². The van der Waals surface area contributed by atoms with Crippen LogP contribution < -0.4 is 10.5 Å². The van der Waals surface area contributed by atoms with Gasteiger partial charge in [0.1, 0.15) is 5.75 Å². The highest BCUT2D eigenvalue weighted by Gasteiger charge is 2.31. The van der Waals surface area contributed by atoms with Crippen LogP contribution in [-0.2, 0) is 6.18 Å². The maximum atomic E-state index is 12.7. The highest BCUT2D eigenvalue weighted by atomic mass is 19.4. The van der Waals surface area contributed by atoms with Crippen molar-refractivity contribution >= 4 is 0 Å². The molecule has 0 amide bonds. The molecular formula is C14H20F3NO2. The van der Waals surface area contributed by atoms with Gasteiger partial charge in [-0.2, -0.15) is 13.2 Å². The lowest BCUT2D eigenvalue weighted by atomic mass is 9.89. The summed E-state index contributed by atoms with van der Waals surface area (Å²) in [4.78, 5) is 0. The Bertz CT molecular complexity index is 431. The molecule has 0 aliphatic carbocycles. The number of alkyl halides is 3. The van der Waals surface area contributed by atoms with Gasteiger partial charge in [0.25, 0.3) is 0 Å². The minimum atomic E-state index is -4.39. The zero-order chi connectivity index (χ0) is 15.3. The molecule has 3 N–H and O–H groups in total. The second kappa shape index (κ2) is 6.95. The summed E-state index contributed by atoms with van der Waals surface area (Å²) in [5.74, 6) is 0.0889. The number of ether oxygens (including phenoxy) is 1. The van der Waals surface area contributed by atoms with Crippen LogP contribution in [-0.4, -0.2) is 25.4 Å². The molecule has 2 atom stereocenters. The first-order chi connectivity index (χ1) is 9.33. The number of hydrogen-bond donors (Lipinski definition) is 2. The average Bonchev–Trinajstić information content (AvgIpc) is 2.42. The molecule has 0 aromatic heterocycles. The summed E-state index contributed by atoms with van der Waals surface area (Å²) in [5.41, 5.74) is 5.48. The van der Waals surface area contributed by atoms with Gasteiger partial charge in [-0.05, 0) is 42.5 Å². The summed E-state index contributed by atoms with van der Waals surface area (Å²) < 4.78 is 43.0. The van der Waals surface area contributed by atoms with Crippen molar-refractivity contribution in [2.45, 2.75) is 25.4 Å². The fraction of sp³-hybridized carbons (Fsp3) is 0.571. The zero-order valence-electron chi connectivity index (χ0n) is 11.6. The minimum Gasteiger partial charge on any atom is -0.496 e. The van der Waals surface area contributed by atoms with Crippen molar-refractivity contribution in [2.24, 2.45) is 11.7 Å². The molecule has 1 aromatic rings. The SMILES string of the molecule is COc1cc(C(F)(F)F)ccc1C(C)CC(CN)CO. The zero-order valence-corrected chi connectivity index (χ0v) is 11.6. The van der Waals surface area contributed by atoms with E-state index in [-0.39, 0.29) is 24.2 Å². The average molecular weight is 291 g/mol. The van der Waals surface area contributed by atoms with Gasteiger partial charge in [-0.25, -0.2) is 0 Å². The molecule has 2 unspecified atom stereocenters. The molecular weight excluding hydrogens is 271 g/mol. The van der Waals surface area contributed by atoms with Gasteiger partial charge < -0.3 is 15.6 Å². The molecule has 6 heteroatoms. The topological polar surface area (TPSA) is 55.5 Å². The number of benzene rings is 1. The van der Waals surface area contributed by atoms with Crippen molar-refractivity contribution in [2.75, 3.05) is 20.3 Å².